The molecule has 0 saturated heterocycles. The molecule has 1 aliphatic carbocycles. The molecule has 120 valence electrons. The predicted octanol–water partition coefficient (Wildman–Crippen LogP) is -0.0541. The van der Waals surface area contributed by atoms with E-state index in [-0.39, 0.29) is 29.3 Å². The molecule has 1 fully saturated rings. The van der Waals surface area contributed by atoms with Crippen molar-refractivity contribution in [2.24, 2.45) is 11.1 Å². The van der Waals surface area contributed by atoms with Crippen LogP contribution in [0, 0.1) is 5.92 Å². The van der Waals surface area contributed by atoms with Crippen LogP contribution >= 0.6 is 0 Å². The van der Waals surface area contributed by atoms with Crippen LogP contribution in [0.5, 0.6) is 0 Å². The Morgan fingerprint density at radius 2 is 1.86 bits per heavy atom. The summed E-state index contributed by atoms with van der Waals surface area (Å²) in [6, 6.07) is 6.12. The first-order valence-electron chi connectivity index (χ1n) is 6.91. The fourth-order valence-corrected chi connectivity index (χ4v) is 2.33. The van der Waals surface area contributed by atoms with Gasteiger partial charge in [-0.1, -0.05) is 12.1 Å². The Bertz CT molecular complexity index is 650. The van der Waals surface area contributed by atoms with Crippen LogP contribution in [-0.2, 0) is 30.8 Å². The highest BCUT2D eigenvalue weighted by Crippen LogP contribution is 2.29. The van der Waals surface area contributed by atoms with Gasteiger partial charge < -0.3 is 10.1 Å². The molecule has 0 radical (unpaired) electrons. The molecular formula is C14H18N2O5S. The summed E-state index contributed by atoms with van der Waals surface area (Å²) in [5, 5.41) is 7.64. The van der Waals surface area contributed by atoms with E-state index in [2.05, 4.69) is 5.32 Å². The third-order valence-corrected chi connectivity index (χ3v) is 4.17. The maximum absolute atomic E-state index is 11.5. The van der Waals surface area contributed by atoms with Crippen LogP contribution in [0.4, 0.5) is 0 Å². The maximum Gasteiger partial charge on any atom is 0.309 e. The molecule has 0 atom stereocenters. The number of benzene rings is 1. The van der Waals surface area contributed by atoms with E-state index >= 15 is 0 Å². The van der Waals surface area contributed by atoms with Crippen LogP contribution < -0.4 is 10.5 Å². The first kappa shape index (κ1) is 16.4. The number of rotatable bonds is 7. The maximum atomic E-state index is 11.5. The van der Waals surface area contributed by atoms with Gasteiger partial charge in [0.1, 0.15) is 0 Å². The number of primary sulfonamides is 1. The third-order valence-electron chi connectivity index (χ3n) is 3.24. The second-order valence-electron chi connectivity index (χ2n) is 5.17. The van der Waals surface area contributed by atoms with Crippen LogP contribution in [0.2, 0.25) is 0 Å². The summed E-state index contributed by atoms with van der Waals surface area (Å²) in [5.74, 6) is -0.686. The lowest BCUT2D eigenvalue weighted by atomic mass is 10.1. The van der Waals surface area contributed by atoms with Crippen molar-refractivity contribution < 1.29 is 22.7 Å². The Morgan fingerprint density at radius 1 is 1.23 bits per heavy atom. The zero-order chi connectivity index (χ0) is 16.2. The molecule has 1 aromatic carbocycles. The summed E-state index contributed by atoms with van der Waals surface area (Å²) in [6.45, 7) is 0.105. The van der Waals surface area contributed by atoms with E-state index < -0.39 is 10.0 Å². The number of esters is 1. The molecule has 1 aliphatic rings. The van der Waals surface area contributed by atoms with Gasteiger partial charge in [-0.25, -0.2) is 13.6 Å². The van der Waals surface area contributed by atoms with Crippen LogP contribution in [0.1, 0.15) is 18.4 Å². The highest BCUT2D eigenvalue weighted by molar-refractivity contribution is 7.89. The lowest BCUT2D eigenvalue weighted by Crippen LogP contribution is -2.30. The van der Waals surface area contributed by atoms with E-state index in [1.807, 2.05) is 0 Å². The average Bonchev–Trinajstić information content (AvgIpc) is 3.29. The first-order valence-corrected chi connectivity index (χ1v) is 8.46. The molecule has 0 aliphatic heterocycles. The molecule has 7 nitrogen and oxygen atoms in total. The number of hydrogen-bond donors (Lipinski definition) is 2. The number of nitrogens with two attached hydrogens (primary N) is 1. The minimum atomic E-state index is -3.69. The van der Waals surface area contributed by atoms with Gasteiger partial charge in [-0.3, -0.25) is 9.59 Å². The summed E-state index contributed by atoms with van der Waals surface area (Å²) in [5.41, 5.74) is 0.864. The van der Waals surface area contributed by atoms with E-state index in [1.165, 1.54) is 12.1 Å². The summed E-state index contributed by atoms with van der Waals surface area (Å²) >= 11 is 0. The number of hydrogen-bond acceptors (Lipinski definition) is 5. The van der Waals surface area contributed by atoms with Gasteiger partial charge in [-0.05, 0) is 37.0 Å². The van der Waals surface area contributed by atoms with Gasteiger partial charge in [-0.15, -0.1) is 0 Å². The number of amides is 1. The summed E-state index contributed by atoms with van der Waals surface area (Å²) in [6.07, 6.45) is 2.22. The normalized spacial score (nSPS) is 14.4. The molecule has 0 unspecified atom stereocenters. The largest absolute Gasteiger partial charge is 0.455 e. The molecule has 8 heteroatoms. The topological polar surface area (TPSA) is 116 Å². The Balaban J connectivity index is 1.69. The zero-order valence-corrected chi connectivity index (χ0v) is 12.8. The number of carbonyl (C=O) groups is 2. The van der Waals surface area contributed by atoms with Crippen LogP contribution in [0.25, 0.3) is 0 Å². The lowest BCUT2D eigenvalue weighted by Gasteiger charge is -2.07. The molecular weight excluding hydrogens is 308 g/mol. The SMILES string of the molecule is NS(=O)(=O)c1ccc(CCNC(=O)COC(=O)C2CC2)cc1. The van der Waals surface area contributed by atoms with Crippen molar-refractivity contribution in [3.63, 3.8) is 0 Å². The van der Waals surface area contributed by atoms with E-state index in [9.17, 15) is 18.0 Å². The van der Waals surface area contributed by atoms with E-state index in [4.69, 9.17) is 9.88 Å². The Morgan fingerprint density at radius 3 is 2.41 bits per heavy atom. The second-order valence-corrected chi connectivity index (χ2v) is 6.73. The molecule has 1 amide bonds. The molecule has 0 spiro atoms. The van der Waals surface area contributed by atoms with Crippen molar-refractivity contribution in [1.82, 2.24) is 5.32 Å². The van der Waals surface area contributed by atoms with Gasteiger partial charge >= 0.3 is 5.97 Å². The van der Waals surface area contributed by atoms with Crippen molar-refractivity contribution in [1.29, 1.82) is 0 Å². The number of carbonyl (C=O) groups excluding carboxylic acids is 2. The first-order chi connectivity index (χ1) is 10.4. The number of ether oxygens (including phenoxy) is 1. The average molecular weight is 326 g/mol. The van der Waals surface area contributed by atoms with Crippen molar-refractivity contribution in [2.75, 3.05) is 13.2 Å². The molecule has 22 heavy (non-hydrogen) atoms. The second kappa shape index (κ2) is 6.89. The van der Waals surface area contributed by atoms with E-state index in [0.29, 0.717) is 13.0 Å². The standard InChI is InChI=1S/C14H18N2O5S/c15-22(19,20)12-5-1-10(2-6-12)7-8-16-13(17)9-21-14(18)11-3-4-11/h1-2,5-6,11H,3-4,7-9H2,(H,16,17)(H2,15,19,20). The van der Waals surface area contributed by atoms with E-state index in [0.717, 1.165) is 18.4 Å². The number of nitrogens with one attached hydrogen (secondary N) is 1. The summed E-state index contributed by atoms with van der Waals surface area (Å²) in [4.78, 5) is 22.8. The van der Waals surface area contributed by atoms with Crippen molar-refractivity contribution in [2.45, 2.75) is 24.2 Å². The molecule has 3 N–H and O–H groups in total. The molecule has 0 heterocycles. The molecule has 1 aromatic rings. The quantitative estimate of drug-likeness (QED) is 0.681. The Hall–Kier alpha value is -1.93. The van der Waals surface area contributed by atoms with Crippen LogP contribution in [0.3, 0.4) is 0 Å². The number of sulfonamides is 1. The van der Waals surface area contributed by atoms with Gasteiger partial charge in [0, 0.05) is 6.54 Å². The molecule has 2 rings (SSSR count). The third kappa shape index (κ3) is 5.12. The smallest absolute Gasteiger partial charge is 0.309 e. The monoisotopic (exact) mass is 326 g/mol. The lowest BCUT2D eigenvalue weighted by molar-refractivity contribution is -0.149. The van der Waals surface area contributed by atoms with Crippen molar-refractivity contribution in [3.8, 4) is 0 Å². The van der Waals surface area contributed by atoms with Gasteiger partial charge in [0.15, 0.2) is 6.61 Å². The van der Waals surface area contributed by atoms with E-state index in [1.54, 1.807) is 12.1 Å². The van der Waals surface area contributed by atoms with Gasteiger partial charge in [-0.2, -0.15) is 0 Å². The minimum Gasteiger partial charge on any atom is -0.455 e. The van der Waals surface area contributed by atoms with Crippen molar-refractivity contribution >= 4 is 21.9 Å². The Kier molecular flexibility index (Phi) is 5.15. The fourth-order valence-electron chi connectivity index (χ4n) is 1.82. The van der Waals surface area contributed by atoms with Crippen LogP contribution in [0.15, 0.2) is 29.2 Å². The Labute approximate surface area is 128 Å². The predicted molar refractivity (Wildman–Crippen MR) is 78.2 cm³/mol. The fraction of sp³-hybridized carbons (Fsp3) is 0.429. The highest BCUT2D eigenvalue weighted by Gasteiger charge is 2.31. The van der Waals surface area contributed by atoms with Gasteiger partial charge in [0.25, 0.3) is 5.91 Å². The van der Waals surface area contributed by atoms with Crippen LogP contribution in [-0.4, -0.2) is 33.4 Å². The molecule has 1 saturated carbocycles. The molecule has 0 bridgehead atoms. The van der Waals surface area contributed by atoms with Crippen molar-refractivity contribution in [3.05, 3.63) is 29.8 Å². The zero-order valence-electron chi connectivity index (χ0n) is 11.9. The molecule has 0 aromatic heterocycles. The van der Waals surface area contributed by atoms with Gasteiger partial charge in [0.05, 0.1) is 10.8 Å². The van der Waals surface area contributed by atoms with Gasteiger partial charge in [0.2, 0.25) is 10.0 Å². The summed E-state index contributed by atoms with van der Waals surface area (Å²) in [7, 11) is -3.69. The highest BCUT2D eigenvalue weighted by atomic mass is 32.2. The minimum absolute atomic E-state index is 0.0230. The summed E-state index contributed by atoms with van der Waals surface area (Å²) < 4.78 is 27.1.